The van der Waals surface area contributed by atoms with E-state index in [-0.39, 0.29) is 5.33 Å². The van der Waals surface area contributed by atoms with Gasteiger partial charge in [-0.25, -0.2) is 0 Å². The molecule has 5 heteroatoms. The van der Waals surface area contributed by atoms with E-state index in [1.54, 1.807) is 6.07 Å². The molecule has 78 valence electrons. The highest BCUT2D eigenvalue weighted by molar-refractivity contribution is 9.09. The topological polar surface area (TPSA) is 0 Å². The predicted octanol–water partition coefficient (Wildman–Crippen LogP) is 4.50. The largest absolute Gasteiger partial charge is 0.416 e. The monoisotopic (exact) mass is 330 g/mol. The smallest absolute Gasteiger partial charge is 0.166 e. The SMILES string of the molecule is FC(F)(F)c1cccc(CBr)c1CBr. The molecule has 0 atom stereocenters. The maximum absolute atomic E-state index is 12.5. The molecule has 0 saturated carbocycles. The summed E-state index contributed by atoms with van der Waals surface area (Å²) in [5.74, 6) is 0. The van der Waals surface area contributed by atoms with Gasteiger partial charge in [0, 0.05) is 10.7 Å². The van der Waals surface area contributed by atoms with Crippen LogP contribution >= 0.6 is 31.9 Å². The fourth-order valence-electron chi connectivity index (χ4n) is 1.18. The zero-order valence-corrected chi connectivity index (χ0v) is 10.2. The second-order valence-electron chi connectivity index (χ2n) is 2.71. The number of halogens is 5. The van der Waals surface area contributed by atoms with Crippen molar-refractivity contribution in [1.29, 1.82) is 0 Å². The summed E-state index contributed by atoms with van der Waals surface area (Å²) in [4.78, 5) is 0. The summed E-state index contributed by atoms with van der Waals surface area (Å²) in [7, 11) is 0. The molecule has 0 aliphatic heterocycles. The first-order valence-electron chi connectivity index (χ1n) is 3.80. The normalized spacial score (nSPS) is 11.8. The maximum Gasteiger partial charge on any atom is 0.416 e. The highest BCUT2D eigenvalue weighted by Gasteiger charge is 2.33. The van der Waals surface area contributed by atoms with E-state index in [0.717, 1.165) is 6.07 Å². The summed E-state index contributed by atoms with van der Waals surface area (Å²) in [6, 6.07) is 4.20. The molecule has 0 spiro atoms. The molecule has 0 heterocycles. The zero-order valence-electron chi connectivity index (χ0n) is 7.04. The summed E-state index contributed by atoms with van der Waals surface area (Å²) >= 11 is 6.23. The molecule has 0 amide bonds. The molecular weight excluding hydrogens is 325 g/mol. The molecule has 0 radical (unpaired) electrons. The first-order valence-corrected chi connectivity index (χ1v) is 6.05. The minimum atomic E-state index is -4.28. The van der Waals surface area contributed by atoms with Gasteiger partial charge < -0.3 is 0 Å². The van der Waals surface area contributed by atoms with Gasteiger partial charge in [0.05, 0.1) is 5.56 Å². The van der Waals surface area contributed by atoms with Crippen LogP contribution in [0.1, 0.15) is 16.7 Å². The Morgan fingerprint density at radius 1 is 1.07 bits per heavy atom. The van der Waals surface area contributed by atoms with Crippen molar-refractivity contribution in [2.45, 2.75) is 16.8 Å². The van der Waals surface area contributed by atoms with Crippen LogP contribution in [0.3, 0.4) is 0 Å². The lowest BCUT2D eigenvalue weighted by Crippen LogP contribution is -2.09. The van der Waals surface area contributed by atoms with E-state index in [0.29, 0.717) is 16.5 Å². The number of hydrogen-bond acceptors (Lipinski definition) is 0. The van der Waals surface area contributed by atoms with Crippen LogP contribution in [0.25, 0.3) is 0 Å². The van der Waals surface area contributed by atoms with E-state index in [1.807, 2.05) is 0 Å². The third-order valence-corrected chi connectivity index (χ3v) is 3.02. The van der Waals surface area contributed by atoms with Crippen LogP contribution in [0.4, 0.5) is 13.2 Å². The number of alkyl halides is 5. The summed E-state index contributed by atoms with van der Waals surface area (Å²) in [5.41, 5.74) is 0.403. The standard InChI is InChI=1S/C9H7Br2F3/c10-4-6-2-1-3-8(7(6)5-11)9(12,13)14/h1-3H,4-5H2. The summed E-state index contributed by atoms with van der Waals surface area (Å²) < 4.78 is 37.5. The predicted molar refractivity (Wildman–Crippen MR) is 56.7 cm³/mol. The van der Waals surface area contributed by atoms with Gasteiger partial charge in [-0.3, -0.25) is 0 Å². The Kier molecular flexibility index (Phi) is 4.01. The highest BCUT2D eigenvalue weighted by atomic mass is 79.9. The van der Waals surface area contributed by atoms with Crippen LogP contribution in [-0.2, 0) is 16.8 Å². The molecule has 1 rings (SSSR count). The second kappa shape index (κ2) is 4.66. The number of benzene rings is 1. The van der Waals surface area contributed by atoms with Crippen LogP contribution in [-0.4, -0.2) is 0 Å². The van der Waals surface area contributed by atoms with Gasteiger partial charge in [-0.05, 0) is 17.2 Å². The molecule has 0 saturated heterocycles. The van der Waals surface area contributed by atoms with Crippen LogP contribution < -0.4 is 0 Å². The first kappa shape index (κ1) is 12.0. The van der Waals surface area contributed by atoms with Crippen molar-refractivity contribution in [3.05, 3.63) is 34.9 Å². The Morgan fingerprint density at radius 2 is 1.71 bits per heavy atom. The van der Waals surface area contributed by atoms with Crippen molar-refractivity contribution in [3.63, 3.8) is 0 Å². The lowest BCUT2D eigenvalue weighted by atomic mass is 10.0. The fraction of sp³-hybridized carbons (Fsp3) is 0.333. The minimum Gasteiger partial charge on any atom is -0.166 e. The van der Waals surface area contributed by atoms with E-state index in [4.69, 9.17) is 0 Å². The molecule has 0 N–H and O–H groups in total. The van der Waals surface area contributed by atoms with Crippen molar-refractivity contribution in [2.24, 2.45) is 0 Å². The minimum absolute atomic E-state index is 0.212. The highest BCUT2D eigenvalue weighted by Crippen LogP contribution is 2.34. The Morgan fingerprint density at radius 3 is 2.14 bits per heavy atom. The molecule has 0 unspecified atom stereocenters. The molecule has 0 bridgehead atoms. The summed E-state index contributed by atoms with van der Waals surface area (Å²) in [6.07, 6.45) is -4.28. The number of hydrogen-bond donors (Lipinski definition) is 0. The Hall–Kier alpha value is -0.0300. The molecule has 0 aliphatic carbocycles. The average Bonchev–Trinajstić information content (AvgIpc) is 2.15. The summed E-state index contributed by atoms with van der Waals surface area (Å²) in [6.45, 7) is 0. The van der Waals surface area contributed by atoms with Crippen LogP contribution in [0.2, 0.25) is 0 Å². The van der Waals surface area contributed by atoms with Gasteiger partial charge in [0.15, 0.2) is 0 Å². The van der Waals surface area contributed by atoms with Crippen molar-refractivity contribution in [1.82, 2.24) is 0 Å². The van der Waals surface area contributed by atoms with E-state index >= 15 is 0 Å². The molecule has 1 aromatic rings. The molecule has 0 aromatic heterocycles. The van der Waals surface area contributed by atoms with Crippen LogP contribution in [0.5, 0.6) is 0 Å². The van der Waals surface area contributed by atoms with Gasteiger partial charge in [0.25, 0.3) is 0 Å². The van der Waals surface area contributed by atoms with Crippen LogP contribution in [0, 0.1) is 0 Å². The number of rotatable bonds is 2. The van der Waals surface area contributed by atoms with Gasteiger partial charge in [0.1, 0.15) is 0 Å². The summed E-state index contributed by atoms with van der Waals surface area (Å²) in [5, 5.41) is 0.640. The lowest BCUT2D eigenvalue weighted by molar-refractivity contribution is -0.138. The van der Waals surface area contributed by atoms with E-state index in [1.165, 1.54) is 6.07 Å². The van der Waals surface area contributed by atoms with Gasteiger partial charge in [-0.1, -0.05) is 44.0 Å². The molecule has 14 heavy (non-hydrogen) atoms. The van der Waals surface area contributed by atoms with E-state index in [2.05, 4.69) is 31.9 Å². The Bertz CT molecular complexity index is 320. The maximum atomic E-state index is 12.5. The van der Waals surface area contributed by atoms with Crippen LogP contribution in [0.15, 0.2) is 18.2 Å². The Balaban J connectivity index is 3.29. The quantitative estimate of drug-likeness (QED) is 0.700. The third-order valence-electron chi connectivity index (χ3n) is 1.86. The van der Waals surface area contributed by atoms with Crippen molar-refractivity contribution >= 4 is 31.9 Å². The van der Waals surface area contributed by atoms with Gasteiger partial charge in [0.2, 0.25) is 0 Å². The van der Waals surface area contributed by atoms with Gasteiger partial charge >= 0.3 is 6.18 Å². The Labute approximate surface area is 96.8 Å². The van der Waals surface area contributed by atoms with Gasteiger partial charge in [-0.2, -0.15) is 13.2 Å². The zero-order chi connectivity index (χ0) is 10.8. The van der Waals surface area contributed by atoms with E-state index in [9.17, 15) is 13.2 Å². The second-order valence-corrected chi connectivity index (χ2v) is 3.83. The fourth-order valence-corrected chi connectivity index (χ4v) is 2.37. The average molecular weight is 332 g/mol. The first-order chi connectivity index (χ1) is 6.50. The third kappa shape index (κ3) is 2.51. The molecule has 0 aliphatic rings. The van der Waals surface area contributed by atoms with Crippen molar-refractivity contribution < 1.29 is 13.2 Å². The van der Waals surface area contributed by atoms with Gasteiger partial charge in [-0.15, -0.1) is 0 Å². The molecule has 0 fully saturated rings. The van der Waals surface area contributed by atoms with Crippen molar-refractivity contribution in [2.75, 3.05) is 0 Å². The molecule has 1 aromatic carbocycles. The van der Waals surface area contributed by atoms with E-state index < -0.39 is 11.7 Å². The molecule has 0 nitrogen and oxygen atoms in total. The molecular formula is C9H7Br2F3. The lowest BCUT2D eigenvalue weighted by Gasteiger charge is -2.13. The van der Waals surface area contributed by atoms with Crippen molar-refractivity contribution in [3.8, 4) is 0 Å².